The van der Waals surface area contributed by atoms with Crippen molar-refractivity contribution < 1.29 is 4.79 Å². The second-order valence-electron chi connectivity index (χ2n) is 2.66. The van der Waals surface area contributed by atoms with Gasteiger partial charge in [0.25, 0.3) is 5.91 Å². The molecule has 1 aliphatic heterocycles. The van der Waals surface area contributed by atoms with Gasteiger partial charge in [-0.2, -0.15) is 5.10 Å². The third-order valence-corrected chi connectivity index (χ3v) is 1.85. The van der Waals surface area contributed by atoms with Crippen LogP contribution in [-0.4, -0.2) is 22.2 Å². The molecule has 2 rings (SSSR count). The van der Waals surface area contributed by atoms with Gasteiger partial charge in [-0.15, -0.1) is 0 Å². The SMILES string of the molecule is CC.Cc1cnn2c1C(=O)NCC2. The summed E-state index contributed by atoms with van der Waals surface area (Å²) in [6.45, 7) is 7.37. The van der Waals surface area contributed by atoms with Crippen molar-refractivity contribution in [1.29, 1.82) is 0 Å². The first-order valence-electron chi connectivity index (χ1n) is 4.59. The molecule has 1 aliphatic rings. The van der Waals surface area contributed by atoms with E-state index in [2.05, 4.69) is 10.4 Å². The van der Waals surface area contributed by atoms with E-state index in [9.17, 15) is 4.79 Å². The fourth-order valence-corrected chi connectivity index (χ4v) is 1.30. The predicted molar refractivity (Wildman–Crippen MR) is 50.6 cm³/mol. The molecule has 0 fully saturated rings. The number of carbonyl (C=O) groups excluding carboxylic acids is 1. The Kier molecular flexibility index (Phi) is 3.06. The third-order valence-electron chi connectivity index (χ3n) is 1.85. The maximum Gasteiger partial charge on any atom is 0.269 e. The zero-order valence-electron chi connectivity index (χ0n) is 8.29. The lowest BCUT2D eigenvalue weighted by atomic mass is 10.2. The van der Waals surface area contributed by atoms with E-state index in [1.807, 2.05) is 20.8 Å². The lowest BCUT2D eigenvalue weighted by Crippen LogP contribution is -2.35. The van der Waals surface area contributed by atoms with Crippen molar-refractivity contribution in [3.05, 3.63) is 17.5 Å². The number of nitrogens with zero attached hydrogens (tertiary/aromatic N) is 2. The van der Waals surface area contributed by atoms with Crippen LogP contribution in [0.15, 0.2) is 6.20 Å². The van der Waals surface area contributed by atoms with E-state index >= 15 is 0 Å². The minimum atomic E-state index is -0.00810. The summed E-state index contributed by atoms with van der Waals surface area (Å²) in [4.78, 5) is 11.2. The molecule has 2 heterocycles. The molecule has 1 aromatic rings. The molecule has 0 spiro atoms. The summed E-state index contributed by atoms with van der Waals surface area (Å²) in [5, 5.41) is 6.83. The van der Waals surface area contributed by atoms with Gasteiger partial charge in [-0.1, -0.05) is 13.8 Å². The highest BCUT2D eigenvalue weighted by atomic mass is 16.2. The Balaban J connectivity index is 0.000000396. The van der Waals surface area contributed by atoms with Crippen molar-refractivity contribution in [2.24, 2.45) is 0 Å². The van der Waals surface area contributed by atoms with Crippen LogP contribution in [0.25, 0.3) is 0 Å². The Bertz CT molecular complexity index is 304. The molecule has 72 valence electrons. The van der Waals surface area contributed by atoms with E-state index in [-0.39, 0.29) is 5.91 Å². The summed E-state index contributed by atoms with van der Waals surface area (Å²) >= 11 is 0. The van der Waals surface area contributed by atoms with Gasteiger partial charge in [-0.3, -0.25) is 9.48 Å². The number of aryl methyl sites for hydroxylation is 1. The third kappa shape index (κ3) is 1.71. The van der Waals surface area contributed by atoms with Gasteiger partial charge in [-0.25, -0.2) is 0 Å². The highest BCUT2D eigenvalue weighted by Gasteiger charge is 2.18. The molecule has 0 unspecified atom stereocenters. The lowest BCUT2D eigenvalue weighted by molar-refractivity contribution is 0.0923. The van der Waals surface area contributed by atoms with Crippen molar-refractivity contribution in [3.63, 3.8) is 0 Å². The second kappa shape index (κ2) is 4.07. The van der Waals surface area contributed by atoms with Gasteiger partial charge in [0.1, 0.15) is 5.69 Å². The maximum absolute atomic E-state index is 11.2. The van der Waals surface area contributed by atoms with Gasteiger partial charge in [0.15, 0.2) is 0 Å². The van der Waals surface area contributed by atoms with E-state index in [1.165, 1.54) is 0 Å². The average Bonchev–Trinajstić information content (AvgIpc) is 2.53. The predicted octanol–water partition coefficient (Wildman–Crippen LogP) is 0.961. The van der Waals surface area contributed by atoms with Gasteiger partial charge in [-0.05, 0) is 12.5 Å². The number of amides is 1. The van der Waals surface area contributed by atoms with Crippen LogP contribution in [0.4, 0.5) is 0 Å². The second-order valence-corrected chi connectivity index (χ2v) is 2.66. The fourth-order valence-electron chi connectivity index (χ4n) is 1.30. The number of nitrogens with one attached hydrogen (secondary N) is 1. The van der Waals surface area contributed by atoms with Gasteiger partial charge in [0.2, 0.25) is 0 Å². The van der Waals surface area contributed by atoms with Crippen LogP contribution in [-0.2, 0) is 6.54 Å². The van der Waals surface area contributed by atoms with E-state index < -0.39 is 0 Å². The first-order valence-corrected chi connectivity index (χ1v) is 4.59. The molecule has 0 aliphatic carbocycles. The van der Waals surface area contributed by atoms with Gasteiger partial charge < -0.3 is 5.32 Å². The number of hydrogen-bond donors (Lipinski definition) is 1. The zero-order chi connectivity index (χ0) is 9.84. The largest absolute Gasteiger partial charge is 0.349 e. The molecule has 1 amide bonds. The minimum Gasteiger partial charge on any atom is -0.349 e. The lowest BCUT2D eigenvalue weighted by Gasteiger charge is -2.14. The van der Waals surface area contributed by atoms with E-state index in [1.54, 1.807) is 10.9 Å². The number of rotatable bonds is 0. The van der Waals surface area contributed by atoms with Crippen LogP contribution >= 0.6 is 0 Å². The van der Waals surface area contributed by atoms with Crippen molar-refractivity contribution >= 4 is 5.91 Å². The smallest absolute Gasteiger partial charge is 0.269 e. The molecular formula is C9H15N3O. The number of carbonyl (C=O) groups is 1. The summed E-state index contributed by atoms with van der Waals surface area (Å²) in [6, 6.07) is 0. The first-order chi connectivity index (χ1) is 6.29. The molecule has 0 bridgehead atoms. The highest BCUT2D eigenvalue weighted by molar-refractivity contribution is 5.94. The Morgan fingerprint density at radius 3 is 2.85 bits per heavy atom. The van der Waals surface area contributed by atoms with E-state index in [4.69, 9.17) is 0 Å². The summed E-state index contributed by atoms with van der Waals surface area (Å²) in [7, 11) is 0. The zero-order valence-corrected chi connectivity index (χ0v) is 8.29. The van der Waals surface area contributed by atoms with Crippen LogP contribution in [0, 0.1) is 6.92 Å². The Labute approximate surface area is 77.9 Å². The summed E-state index contributed by atoms with van der Waals surface area (Å²) in [6.07, 6.45) is 1.72. The standard InChI is InChI=1S/C7H9N3O.C2H6/c1-5-4-9-10-3-2-8-7(11)6(5)10;1-2/h4H,2-3H2,1H3,(H,8,11);1-2H3. The maximum atomic E-state index is 11.2. The Morgan fingerprint density at radius 2 is 2.23 bits per heavy atom. The summed E-state index contributed by atoms with van der Waals surface area (Å²) in [5.74, 6) is -0.00810. The molecule has 13 heavy (non-hydrogen) atoms. The highest BCUT2D eigenvalue weighted by Crippen LogP contribution is 2.08. The average molecular weight is 181 g/mol. The van der Waals surface area contributed by atoms with Gasteiger partial charge >= 0.3 is 0 Å². The summed E-state index contributed by atoms with van der Waals surface area (Å²) < 4.78 is 1.74. The summed E-state index contributed by atoms with van der Waals surface area (Å²) in [5.41, 5.74) is 1.65. The fraction of sp³-hybridized carbons (Fsp3) is 0.556. The number of hydrogen-bond acceptors (Lipinski definition) is 2. The molecule has 1 N–H and O–H groups in total. The van der Waals surface area contributed by atoms with Crippen LogP contribution in [0.1, 0.15) is 29.9 Å². The van der Waals surface area contributed by atoms with Crippen molar-refractivity contribution in [2.75, 3.05) is 6.54 Å². The molecule has 0 saturated carbocycles. The molecule has 0 atom stereocenters. The molecule has 4 nitrogen and oxygen atoms in total. The molecule has 0 radical (unpaired) electrons. The van der Waals surface area contributed by atoms with Crippen molar-refractivity contribution in [3.8, 4) is 0 Å². The topological polar surface area (TPSA) is 46.9 Å². The molecule has 4 heteroatoms. The minimum absolute atomic E-state index is 0.00810. The van der Waals surface area contributed by atoms with Crippen molar-refractivity contribution in [1.82, 2.24) is 15.1 Å². The molecule has 0 saturated heterocycles. The quantitative estimate of drug-likeness (QED) is 0.648. The monoisotopic (exact) mass is 181 g/mol. The Morgan fingerprint density at radius 1 is 1.54 bits per heavy atom. The van der Waals surface area contributed by atoms with E-state index in [0.29, 0.717) is 12.2 Å². The van der Waals surface area contributed by atoms with Gasteiger partial charge in [0, 0.05) is 6.54 Å². The Hall–Kier alpha value is -1.32. The van der Waals surface area contributed by atoms with Gasteiger partial charge in [0.05, 0.1) is 12.7 Å². The normalized spacial score (nSPS) is 13.9. The van der Waals surface area contributed by atoms with E-state index in [0.717, 1.165) is 12.1 Å². The van der Waals surface area contributed by atoms with Crippen molar-refractivity contribution in [2.45, 2.75) is 27.3 Å². The molecule has 1 aromatic heterocycles. The van der Waals surface area contributed by atoms with Crippen LogP contribution in [0.5, 0.6) is 0 Å². The van der Waals surface area contributed by atoms with Crippen LogP contribution in [0.2, 0.25) is 0 Å². The van der Waals surface area contributed by atoms with Crippen LogP contribution in [0.3, 0.4) is 0 Å². The molecular weight excluding hydrogens is 166 g/mol. The van der Waals surface area contributed by atoms with Crippen LogP contribution < -0.4 is 5.32 Å². The molecule has 0 aromatic carbocycles. The number of aromatic nitrogens is 2. The first kappa shape index (κ1) is 9.77. The number of fused-ring (bicyclic) bond motifs is 1.